The number of nitrogen functional groups attached to an aromatic ring is 1. The maximum absolute atomic E-state index is 12.6. The molecular weight excluding hydrogens is 260 g/mol. The maximum atomic E-state index is 12.6. The number of rotatable bonds is 3. The van der Waals surface area contributed by atoms with Crippen LogP contribution in [0.25, 0.3) is 0 Å². The van der Waals surface area contributed by atoms with Gasteiger partial charge in [-0.1, -0.05) is 0 Å². The molecule has 0 fully saturated rings. The molecule has 0 aromatic heterocycles. The van der Waals surface area contributed by atoms with E-state index in [4.69, 9.17) is 5.73 Å². The Morgan fingerprint density at radius 1 is 1.43 bits per heavy atom. The molecule has 1 aromatic carbocycles. The molecule has 0 aliphatic heterocycles. The molecule has 6 heteroatoms. The quantitative estimate of drug-likeness (QED) is 0.677. The van der Waals surface area contributed by atoms with Gasteiger partial charge in [-0.15, -0.1) is 8.78 Å². The number of hydrogen-bond acceptors (Lipinski definition) is 3. The first-order valence-corrected chi connectivity index (χ1v) is 4.41. The Bertz CT molecular complexity index is 333. The van der Waals surface area contributed by atoms with Crippen molar-refractivity contribution in [3.63, 3.8) is 0 Å². The van der Waals surface area contributed by atoms with Gasteiger partial charge in [-0.3, -0.25) is 4.74 Å². The number of alkyl halides is 2. The van der Waals surface area contributed by atoms with Crippen LogP contribution in [0, 0.1) is 0 Å². The SMILES string of the molecule is COC(F)(F)Oc1ccc(N)c(Br)c1. The molecule has 0 amide bonds. The lowest BCUT2D eigenvalue weighted by Gasteiger charge is -2.15. The summed E-state index contributed by atoms with van der Waals surface area (Å²) in [5.74, 6) is -0.0297. The number of hydrogen-bond donors (Lipinski definition) is 1. The highest BCUT2D eigenvalue weighted by Gasteiger charge is 2.31. The van der Waals surface area contributed by atoms with E-state index in [1.807, 2.05) is 0 Å². The average Bonchev–Trinajstić information content (AvgIpc) is 2.11. The molecule has 0 heterocycles. The molecular formula is C8H8BrF2NO2. The van der Waals surface area contributed by atoms with Crippen LogP contribution in [0.1, 0.15) is 0 Å². The molecule has 0 bridgehead atoms. The van der Waals surface area contributed by atoms with Crippen molar-refractivity contribution in [3.05, 3.63) is 22.7 Å². The summed E-state index contributed by atoms with van der Waals surface area (Å²) >= 11 is 3.08. The molecule has 0 radical (unpaired) electrons. The molecule has 1 aromatic rings. The second kappa shape index (κ2) is 4.10. The van der Waals surface area contributed by atoms with Gasteiger partial charge in [0.25, 0.3) is 0 Å². The Labute approximate surface area is 87.9 Å². The molecule has 0 aliphatic rings. The lowest BCUT2D eigenvalue weighted by molar-refractivity contribution is -0.342. The summed E-state index contributed by atoms with van der Waals surface area (Å²) in [5, 5.41) is 0. The molecule has 0 spiro atoms. The lowest BCUT2D eigenvalue weighted by atomic mass is 10.3. The van der Waals surface area contributed by atoms with Crippen LogP contribution in [-0.2, 0) is 4.74 Å². The zero-order valence-corrected chi connectivity index (χ0v) is 8.85. The van der Waals surface area contributed by atoms with Gasteiger partial charge >= 0.3 is 6.29 Å². The van der Waals surface area contributed by atoms with Gasteiger partial charge in [0.2, 0.25) is 0 Å². The molecule has 0 saturated carbocycles. The largest absolute Gasteiger partial charge is 0.535 e. The van der Waals surface area contributed by atoms with Gasteiger partial charge in [-0.25, -0.2) is 0 Å². The monoisotopic (exact) mass is 267 g/mol. The Kier molecular flexibility index (Phi) is 3.28. The number of halogens is 3. The third-order valence-corrected chi connectivity index (χ3v) is 2.13. The van der Waals surface area contributed by atoms with E-state index >= 15 is 0 Å². The van der Waals surface area contributed by atoms with Gasteiger partial charge in [-0.2, -0.15) is 0 Å². The normalized spacial score (nSPS) is 11.4. The van der Waals surface area contributed by atoms with E-state index in [0.29, 0.717) is 10.2 Å². The van der Waals surface area contributed by atoms with Crippen LogP contribution in [0.4, 0.5) is 14.5 Å². The minimum Gasteiger partial charge on any atom is -0.409 e. The van der Waals surface area contributed by atoms with Crippen LogP contribution in [0.3, 0.4) is 0 Å². The summed E-state index contributed by atoms with van der Waals surface area (Å²) in [4.78, 5) is 0. The second-order valence-electron chi connectivity index (χ2n) is 2.45. The summed E-state index contributed by atoms with van der Waals surface area (Å²) in [6, 6.07) is 4.11. The summed E-state index contributed by atoms with van der Waals surface area (Å²) < 4.78 is 33.7. The van der Waals surface area contributed by atoms with Gasteiger partial charge in [0, 0.05) is 17.3 Å². The molecule has 14 heavy (non-hydrogen) atoms. The molecule has 1 rings (SSSR count). The molecule has 0 unspecified atom stereocenters. The number of nitrogens with two attached hydrogens (primary N) is 1. The van der Waals surface area contributed by atoms with Crippen LogP contribution >= 0.6 is 15.9 Å². The van der Waals surface area contributed by atoms with Gasteiger partial charge < -0.3 is 10.5 Å². The second-order valence-corrected chi connectivity index (χ2v) is 3.31. The average molecular weight is 268 g/mol. The van der Waals surface area contributed by atoms with Gasteiger partial charge in [0.05, 0.1) is 0 Å². The van der Waals surface area contributed by atoms with E-state index in [2.05, 4.69) is 25.4 Å². The lowest BCUT2D eigenvalue weighted by Crippen LogP contribution is -2.26. The number of benzene rings is 1. The summed E-state index contributed by atoms with van der Waals surface area (Å²) in [5.41, 5.74) is 5.91. The van der Waals surface area contributed by atoms with Gasteiger partial charge in [-0.05, 0) is 34.1 Å². The van der Waals surface area contributed by atoms with Crippen LogP contribution in [0.2, 0.25) is 0 Å². The van der Waals surface area contributed by atoms with Crippen molar-refractivity contribution in [1.82, 2.24) is 0 Å². The van der Waals surface area contributed by atoms with Crippen molar-refractivity contribution in [1.29, 1.82) is 0 Å². The summed E-state index contributed by atoms with van der Waals surface area (Å²) in [7, 11) is 0.854. The molecule has 78 valence electrons. The fraction of sp³-hybridized carbons (Fsp3) is 0.250. The maximum Gasteiger partial charge on any atom is 0.535 e. The Hall–Kier alpha value is -0.880. The molecule has 3 nitrogen and oxygen atoms in total. The number of methoxy groups -OCH3 is 1. The van der Waals surface area contributed by atoms with E-state index in [1.165, 1.54) is 18.2 Å². The smallest absolute Gasteiger partial charge is 0.409 e. The van der Waals surface area contributed by atoms with Crippen molar-refractivity contribution in [3.8, 4) is 5.75 Å². The van der Waals surface area contributed by atoms with E-state index in [9.17, 15) is 8.78 Å². The van der Waals surface area contributed by atoms with Gasteiger partial charge in [0.15, 0.2) is 0 Å². The zero-order chi connectivity index (χ0) is 10.8. The van der Waals surface area contributed by atoms with Crippen molar-refractivity contribution in [2.75, 3.05) is 12.8 Å². The highest BCUT2D eigenvalue weighted by molar-refractivity contribution is 9.10. The zero-order valence-electron chi connectivity index (χ0n) is 7.26. The summed E-state index contributed by atoms with van der Waals surface area (Å²) in [6.45, 7) is 0. The third kappa shape index (κ3) is 2.81. The topological polar surface area (TPSA) is 44.5 Å². The Balaban J connectivity index is 2.83. The van der Waals surface area contributed by atoms with E-state index in [1.54, 1.807) is 0 Å². The highest BCUT2D eigenvalue weighted by Crippen LogP contribution is 2.28. The minimum atomic E-state index is -3.63. The van der Waals surface area contributed by atoms with Crippen molar-refractivity contribution in [2.45, 2.75) is 6.29 Å². The molecule has 0 saturated heterocycles. The van der Waals surface area contributed by atoms with Gasteiger partial charge in [0.1, 0.15) is 5.75 Å². The van der Waals surface area contributed by atoms with E-state index < -0.39 is 6.29 Å². The standard InChI is InChI=1S/C8H8BrF2NO2/c1-13-8(10,11)14-5-2-3-7(12)6(9)4-5/h2-4H,12H2,1H3. The van der Waals surface area contributed by atoms with E-state index in [0.717, 1.165) is 7.11 Å². The molecule has 2 N–H and O–H groups in total. The number of ether oxygens (including phenoxy) is 2. The first-order valence-electron chi connectivity index (χ1n) is 3.61. The van der Waals surface area contributed by atoms with Crippen molar-refractivity contribution < 1.29 is 18.3 Å². The fourth-order valence-electron chi connectivity index (χ4n) is 0.750. The van der Waals surface area contributed by atoms with Crippen LogP contribution in [-0.4, -0.2) is 13.4 Å². The first kappa shape index (κ1) is 11.2. The predicted molar refractivity (Wildman–Crippen MR) is 51.1 cm³/mol. The van der Waals surface area contributed by atoms with Crippen LogP contribution < -0.4 is 10.5 Å². The Morgan fingerprint density at radius 2 is 2.07 bits per heavy atom. The minimum absolute atomic E-state index is 0.0297. The van der Waals surface area contributed by atoms with Crippen molar-refractivity contribution in [2.24, 2.45) is 0 Å². The third-order valence-electron chi connectivity index (χ3n) is 1.45. The van der Waals surface area contributed by atoms with Crippen LogP contribution in [0.5, 0.6) is 5.75 Å². The molecule has 0 atom stereocenters. The fourth-order valence-corrected chi connectivity index (χ4v) is 1.11. The van der Waals surface area contributed by atoms with Crippen LogP contribution in [0.15, 0.2) is 22.7 Å². The predicted octanol–water partition coefficient (Wildman–Crippen LogP) is 2.61. The molecule has 0 aliphatic carbocycles. The number of anilines is 1. The summed E-state index contributed by atoms with van der Waals surface area (Å²) in [6.07, 6.45) is -3.63. The van der Waals surface area contributed by atoms with Crippen molar-refractivity contribution >= 4 is 21.6 Å². The highest BCUT2D eigenvalue weighted by atomic mass is 79.9. The van der Waals surface area contributed by atoms with E-state index in [-0.39, 0.29) is 5.75 Å². The Morgan fingerprint density at radius 3 is 2.57 bits per heavy atom. The first-order chi connectivity index (χ1) is 6.44.